The first-order chi connectivity index (χ1) is 12.1. The first kappa shape index (κ1) is 17.6. The summed E-state index contributed by atoms with van der Waals surface area (Å²) in [5, 5.41) is 7.56. The van der Waals surface area contributed by atoms with E-state index in [9.17, 15) is 4.79 Å². The molecule has 1 saturated heterocycles. The van der Waals surface area contributed by atoms with Crippen LogP contribution in [0.2, 0.25) is 0 Å². The molecule has 0 aliphatic carbocycles. The van der Waals surface area contributed by atoms with Gasteiger partial charge in [-0.25, -0.2) is 4.63 Å². The van der Waals surface area contributed by atoms with E-state index in [1.165, 1.54) is 5.56 Å². The third-order valence-corrected chi connectivity index (χ3v) is 5.05. The van der Waals surface area contributed by atoms with E-state index in [1.54, 1.807) is 0 Å². The minimum absolute atomic E-state index is 0.0775. The molecule has 1 aromatic heterocycles. The van der Waals surface area contributed by atoms with E-state index in [-0.39, 0.29) is 18.4 Å². The first-order valence-corrected chi connectivity index (χ1v) is 8.93. The lowest BCUT2D eigenvalue weighted by Gasteiger charge is -2.37. The Morgan fingerprint density at radius 1 is 1.32 bits per heavy atom. The van der Waals surface area contributed by atoms with E-state index >= 15 is 0 Å². The average Bonchev–Trinajstić information content (AvgIpc) is 3.05. The van der Waals surface area contributed by atoms with E-state index in [0.29, 0.717) is 11.4 Å². The highest BCUT2D eigenvalue weighted by Gasteiger charge is 2.26. The van der Waals surface area contributed by atoms with Gasteiger partial charge in [-0.2, -0.15) is 0 Å². The van der Waals surface area contributed by atoms with Crippen LogP contribution in [0.25, 0.3) is 0 Å². The maximum Gasteiger partial charge on any atom is 0.228 e. The van der Waals surface area contributed by atoms with Crippen LogP contribution in [0.1, 0.15) is 29.8 Å². The monoisotopic (exact) mass is 342 g/mol. The zero-order valence-electron chi connectivity index (χ0n) is 15.0. The molecule has 1 aliphatic heterocycles. The number of amides is 1. The Bertz CT molecular complexity index is 686. The highest BCUT2D eigenvalue weighted by molar-refractivity contribution is 5.78. The van der Waals surface area contributed by atoms with Crippen LogP contribution in [-0.4, -0.2) is 58.7 Å². The van der Waals surface area contributed by atoms with E-state index in [1.807, 2.05) is 24.9 Å². The van der Waals surface area contributed by atoms with E-state index in [0.717, 1.165) is 38.9 Å². The van der Waals surface area contributed by atoms with E-state index in [2.05, 4.69) is 44.1 Å². The topological polar surface area (TPSA) is 62.5 Å². The Labute approximate surface area is 148 Å². The van der Waals surface area contributed by atoms with E-state index in [4.69, 9.17) is 0 Å². The summed E-state index contributed by atoms with van der Waals surface area (Å²) in [5.41, 5.74) is 2.69. The van der Waals surface area contributed by atoms with Gasteiger partial charge >= 0.3 is 0 Å². The van der Waals surface area contributed by atoms with Gasteiger partial charge in [-0.3, -0.25) is 4.79 Å². The standard InChI is InChI=1S/C19H26N4O2/c1-15-18(21-25-20-15)13-19(24)22(2)17-9-6-11-23(14-17)12-10-16-7-4-3-5-8-16/h3-5,7-8,17H,6,9-14H2,1-2H3. The molecule has 0 N–H and O–H groups in total. The summed E-state index contributed by atoms with van der Waals surface area (Å²) < 4.78 is 4.68. The Balaban J connectivity index is 1.51. The van der Waals surface area contributed by atoms with Gasteiger partial charge in [0.15, 0.2) is 0 Å². The summed E-state index contributed by atoms with van der Waals surface area (Å²) in [6.07, 6.45) is 3.49. The lowest BCUT2D eigenvalue weighted by atomic mass is 10.0. The molecule has 1 aromatic carbocycles. The molecule has 2 heterocycles. The van der Waals surface area contributed by atoms with Crippen molar-refractivity contribution in [2.75, 3.05) is 26.7 Å². The Kier molecular flexibility index (Phi) is 5.81. The summed E-state index contributed by atoms with van der Waals surface area (Å²) in [4.78, 5) is 16.9. The van der Waals surface area contributed by atoms with Gasteiger partial charge < -0.3 is 9.80 Å². The molecule has 1 aliphatic rings. The summed E-state index contributed by atoms with van der Waals surface area (Å²) in [6.45, 7) is 4.89. The molecular formula is C19H26N4O2. The molecule has 0 saturated carbocycles. The van der Waals surface area contributed by atoms with Crippen molar-refractivity contribution in [3.63, 3.8) is 0 Å². The molecule has 25 heavy (non-hydrogen) atoms. The van der Waals surface area contributed by atoms with Crippen LogP contribution in [0.3, 0.4) is 0 Å². The van der Waals surface area contributed by atoms with Crippen molar-refractivity contribution in [3.8, 4) is 0 Å². The molecule has 6 nitrogen and oxygen atoms in total. The lowest BCUT2D eigenvalue weighted by Crippen LogP contribution is -2.49. The van der Waals surface area contributed by atoms with Gasteiger partial charge in [0, 0.05) is 26.2 Å². The second kappa shape index (κ2) is 8.25. The highest BCUT2D eigenvalue weighted by Crippen LogP contribution is 2.17. The summed E-state index contributed by atoms with van der Waals surface area (Å²) in [6, 6.07) is 10.8. The fourth-order valence-corrected chi connectivity index (χ4v) is 3.36. The Hall–Kier alpha value is -2.21. The normalized spacial score (nSPS) is 18.2. The summed E-state index contributed by atoms with van der Waals surface area (Å²) in [5.74, 6) is 0.0775. The molecule has 1 fully saturated rings. The van der Waals surface area contributed by atoms with Crippen molar-refractivity contribution >= 4 is 5.91 Å². The minimum atomic E-state index is 0.0775. The zero-order chi connectivity index (χ0) is 17.6. The van der Waals surface area contributed by atoms with Gasteiger partial charge in [-0.1, -0.05) is 40.6 Å². The van der Waals surface area contributed by atoms with Crippen LogP contribution in [-0.2, 0) is 17.6 Å². The van der Waals surface area contributed by atoms with Crippen molar-refractivity contribution < 1.29 is 9.42 Å². The Morgan fingerprint density at radius 3 is 2.84 bits per heavy atom. The molecular weight excluding hydrogens is 316 g/mol. The van der Waals surface area contributed by atoms with E-state index < -0.39 is 0 Å². The largest absolute Gasteiger partial charge is 0.341 e. The molecule has 0 spiro atoms. The van der Waals surface area contributed by atoms with Gasteiger partial charge in [-0.05, 0) is 38.3 Å². The molecule has 0 bridgehead atoms. The minimum Gasteiger partial charge on any atom is -0.341 e. The van der Waals surface area contributed by atoms with Crippen LogP contribution < -0.4 is 0 Å². The van der Waals surface area contributed by atoms with Crippen LogP contribution in [0, 0.1) is 6.92 Å². The van der Waals surface area contributed by atoms with Gasteiger partial charge in [0.1, 0.15) is 11.4 Å². The molecule has 1 amide bonds. The third-order valence-electron chi connectivity index (χ3n) is 5.05. The number of benzene rings is 1. The van der Waals surface area contributed by atoms with Crippen LogP contribution in [0.15, 0.2) is 35.0 Å². The average molecular weight is 342 g/mol. The number of hydrogen-bond donors (Lipinski definition) is 0. The maximum atomic E-state index is 12.5. The molecule has 0 radical (unpaired) electrons. The highest BCUT2D eigenvalue weighted by atomic mass is 16.6. The van der Waals surface area contributed by atoms with Gasteiger partial charge in [-0.15, -0.1) is 0 Å². The smallest absolute Gasteiger partial charge is 0.228 e. The quantitative estimate of drug-likeness (QED) is 0.804. The molecule has 3 rings (SSSR count). The van der Waals surface area contributed by atoms with Gasteiger partial charge in [0.05, 0.1) is 6.42 Å². The van der Waals surface area contributed by atoms with Crippen LogP contribution in [0.4, 0.5) is 0 Å². The number of hydrogen-bond acceptors (Lipinski definition) is 5. The molecule has 134 valence electrons. The number of piperidine rings is 1. The predicted octanol–water partition coefficient (Wildman–Crippen LogP) is 2.09. The summed E-state index contributed by atoms with van der Waals surface area (Å²) in [7, 11) is 1.90. The zero-order valence-corrected chi connectivity index (χ0v) is 15.0. The molecule has 2 aromatic rings. The number of aromatic nitrogens is 2. The number of carbonyl (C=O) groups is 1. The van der Waals surface area contributed by atoms with Gasteiger partial charge in [0.2, 0.25) is 5.91 Å². The summed E-state index contributed by atoms with van der Waals surface area (Å²) >= 11 is 0. The first-order valence-electron chi connectivity index (χ1n) is 8.93. The van der Waals surface area contributed by atoms with Gasteiger partial charge in [0.25, 0.3) is 0 Å². The SMILES string of the molecule is Cc1nonc1CC(=O)N(C)C1CCCN(CCc2ccccc2)C1. The number of nitrogens with zero attached hydrogens (tertiary/aromatic N) is 4. The van der Waals surface area contributed by atoms with Crippen LogP contribution in [0.5, 0.6) is 0 Å². The number of likely N-dealkylation sites (tertiary alicyclic amines) is 1. The molecule has 1 unspecified atom stereocenters. The fourth-order valence-electron chi connectivity index (χ4n) is 3.36. The fraction of sp³-hybridized carbons (Fsp3) is 0.526. The van der Waals surface area contributed by atoms with Crippen molar-refractivity contribution in [2.24, 2.45) is 0 Å². The van der Waals surface area contributed by atoms with Crippen molar-refractivity contribution in [1.29, 1.82) is 0 Å². The molecule has 6 heteroatoms. The number of carbonyl (C=O) groups excluding carboxylic acids is 1. The van der Waals surface area contributed by atoms with Crippen molar-refractivity contribution in [2.45, 2.75) is 38.6 Å². The predicted molar refractivity (Wildman–Crippen MR) is 95.1 cm³/mol. The maximum absolute atomic E-state index is 12.5. The number of aryl methyl sites for hydroxylation is 1. The Morgan fingerprint density at radius 2 is 2.12 bits per heavy atom. The second-order valence-corrected chi connectivity index (χ2v) is 6.81. The second-order valence-electron chi connectivity index (χ2n) is 6.81. The number of likely N-dealkylation sites (N-methyl/N-ethyl adjacent to an activating group) is 1. The third kappa shape index (κ3) is 4.66. The van der Waals surface area contributed by atoms with Crippen molar-refractivity contribution in [3.05, 3.63) is 47.3 Å². The number of rotatable bonds is 6. The molecule has 1 atom stereocenters. The van der Waals surface area contributed by atoms with Crippen LogP contribution >= 0.6 is 0 Å². The van der Waals surface area contributed by atoms with Crippen molar-refractivity contribution in [1.82, 2.24) is 20.1 Å². The lowest BCUT2D eigenvalue weighted by molar-refractivity contribution is -0.132.